The van der Waals surface area contributed by atoms with Gasteiger partial charge in [-0.1, -0.05) is 11.8 Å². The maximum Gasteiger partial charge on any atom is 0.277 e. The van der Waals surface area contributed by atoms with Crippen molar-refractivity contribution in [2.75, 3.05) is 5.75 Å². The van der Waals surface area contributed by atoms with Gasteiger partial charge in [-0.15, -0.1) is 32.9 Å². The summed E-state index contributed by atoms with van der Waals surface area (Å²) in [6.07, 6.45) is 0.463. The molecule has 0 N–H and O–H groups in total. The van der Waals surface area contributed by atoms with Crippen LogP contribution in [0.25, 0.3) is 0 Å². The molecule has 0 saturated carbocycles. The highest BCUT2D eigenvalue weighted by molar-refractivity contribution is 7.99. The summed E-state index contributed by atoms with van der Waals surface area (Å²) in [5.74, 6) is -0.551. The molecule has 0 fully saturated rings. The van der Waals surface area contributed by atoms with Crippen LogP contribution >= 0.6 is 34.4 Å². The van der Waals surface area contributed by atoms with E-state index in [2.05, 4.69) is 20.2 Å². The Kier molecular flexibility index (Phi) is 5.57. The van der Waals surface area contributed by atoms with Gasteiger partial charge in [0.2, 0.25) is 5.89 Å². The number of Topliss-reactive ketones (excluding diaryl/α,β-unsaturated/α-hetero) is 1. The second-order valence-corrected chi connectivity index (χ2v) is 8.02. The van der Waals surface area contributed by atoms with Gasteiger partial charge in [-0.3, -0.25) is 4.79 Å². The first-order chi connectivity index (χ1) is 12.0. The zero-order valence-corrected chi connectivity index (χ0v) is 15.9. The third-order valence-electron chi connectivity index (χ3n) is 3.12. The van der Waals surface area contributed by atoms with Crippen molar-refractivity contribution in [3.8, 4) is 6.07 Å². The normalized spacial score (nSPS) is 12.0. The Hall–Kier alpha value is -2.09. The summed E-state index contributed by atoms with van der Waals surface area (Å²) < 4.78 is 5.53. The Morgan fingerprint density at radius 2 is 2.16 bits per heavy atom. The highest BCUT2D eigenvalue weighted by Crippen LogP contribution is 2.25. The smallest absolute Gasteiger partial charge is 0.277 e. The monoisotopic (exact) mass is 391 g/mol. The molecule has 0 bridgehead atoms. The molecule has 1 atom stereocenters. The number of thioether (sulfide) groups is 1. The molecule has 0 amide bonds. The Morgan fingerprint density at radius 3 is 2.80 bits per heavy atom. The van der Waals surface area contributed by atoms with Crippen LogP contribution in [0.15, 0.2) is 20.4 Å². The lowest BCUT2D eigenvalue weighted by atomic mass is 10.1. The molecule has 25 heavy (non-hydrogen) atoms. The summed E-state index contributed by atoms with van der Waals surface area (Å²) in [6.45, 7) is 3.77. The first-order valence-electron chi connectivity index (χ1n) is 7.25. The van der Waals surface area contributed by atoms with Crippen LogP contribution in [0.4, 0.5) is 0 Å². The maximum atomic E-state index is 12.3. The van der Waals surface area contributed by atoms with E-state index >= 15 is 0 Å². The minimum Gasteiger partial charge on any atom is -0.416 e. The van der Waals surface area contributed by atoms with Gasteiger partial charge < -0.3 is 4.42 Å². The van der Waals surface area contributed by atoms with Crippen molar-refractivity contribution in [1.82, 2.24) is 20.2 Å². The van der Waals surface area contributed by atoms with E-state index in [4.69, 9.17) is 4.42 Å². The van der Waals surface area contributed by atoms with Crippen LogP contribution in [0.1, 0.15) is 33.2 Å². The van der Waals surface area contributed by atoms with E-state index < -0.39 is 5.92 Å². The van der Waals surface area contributed by atoms with Crippen LogP contribution < -0.4 is 0 Å². The summed E-state index contributed by atoms with van der Waals surface area (Å²) in [5.41, 5.74) is 1.68. The molecular formula is C15H13N5O2S3. The molecule has 3 aromatic rings. The molecule has 0 aromatic carbocycles. The van der Waals surface area contributed by atoms with Crippen molar-refractivity contribution in [1.29, 1.82) is 5.26 Å². The average molecular weight is 392 g/mol. The minimum atomic E-state index is -0.855. The number of hydrogen-bond acceptors (Lipinski definition) is 10. The van der Waals surface area contributed by atoms with Gasteiger partial charge in [0.1, 0.15) is 5.01 Å². The van der Waals surface area contributed by atoms with Crippen LogP contribution in [0.3, 0.4) is 0 Å². The van der Waals surface area contributed by atoms with Crippen LogP contribution in [0.2, 0.25) is 0 Å². The lowest BCUT2D eigenvalue weighted by molar-refractivity contribution is -0.116. The van der Waals surface area contributed by atoms with Gasteiger partial charge in [0.05, 0.1) is 28.9 Å². The fraction of sp³-hybridized carbons (Fsp3) is 0.333. The summed E-state index contributed by atoms with van der Waals surface area (Å²) in [5, 5.41) is 22.7. The standard InChI is InChI=1S/C15H13N5O2S3/c1-8-5-24-14(17-8)11(4-16)12(21)7-25-15-20-19-13(22-15)3-10-6-23-9(2)18-10/h5-6,11H,3,7H2,1-2H3/t11-/m1/s1. The second-order valence-electron chi connectivity index (χ2n) is 5.14. The predicted molar refractivity (Wildman–Crippen MR) is 94.9 cm³/mol. The Balaban J connectivity index is 1.58. The van der Waals surface area contributed by atoms with E-state index in [9.17, 15) is 10.1 Å². The summed E-state index contributed by atoms with van der Waals surface area (Å²) >= 11 is 4.01. The Labute approximate surface area is 156 Å². The molecule has 0 aliphatic rings. The summed E-state index contributed by atoms with van der Waals surface area (Å²) in [7, 11) is 0. The van der Waals surface area contributed by atoms with Crippen molar-refractivity contribution in [2.45, 2.75) is 31.4 Å². The number of aryl methyl sites for hydroxylation is 2. The predicted octanol–water partition coefficient (Wildman–Crippen LogP) is 3.16. The quantitative estimate of drug-likeness (QED) is 0.566. The third kappa shape index (κ3) is 4.50. The molecule has 10 heteroatoms. The van der Waals surface area contributed by atoms with E-state index in [1.807, 2.05) is 30.7 Å². The highest BCUT2D eigenvalue weighted by Gasteiger charge is 2.24. The number of thiazole rings is 2. The van der Waals surface area contributed by atoms with Gasteiger partial charge in [0.15, 0.2) is 11.7 Å². The third-order valence-corrected chi connectivity index (χ3v) is 5.81. The zero-order chi connectivity index (χ0) is 17.8. The van der Waals surface area contributed by atoms with E-state index in [1.54, 1.807) is 11.3 Å². The molecule has 0 saturated heterocycles. The largest absolute Gasteiger partial charge is 0.416 e. The number of aromatic nitrogens is 4. The van der Waals surface area contributed by atoms with Gasteiger partial charge in [-0.2, -0.15) is 5.26 Å². The van der Waals surface area contributed by atoms with Gasteiger partial charge in [0.25, 0.3) is 5.22 Å². The fourth-order valence-electron chi connectivity index (χ4n) is 2.00. The van der Waals surface area contributed by atoms with Gasteiger partial charge >= 0.3 is 0 Å². The molecule has 0 radical (unpaired) electrons. The van der Waals surface area contributed by atoms with Crippen molar-refractivity contribution in [2.24, 2.45) is 0 Å². The molecule has 3 aromatic heterocycles. The number of carbonyl (C=O) groups excluding carboxylic acids is 1. The minimum absolute atomic E-state index is 0.0777. The molecular weight excluding hydrogens is 378 g/mol. The fourth-order valence-corrected chi connectivity index (χ4v) is 4.16. The lowest BCUT2D eigenvalue weighted by Gasteiger charge is -2.02. The van der Waals surface area contributed by atoms with Crippen molar-refractivity contribution in [3.63, 3.8) is 0 Å². The maximum absolute atomic E-state index is 12.3. The molecule has 0 aliphatic carbocycles. The molecule has 7 nitrogen and oxygen atoms in total. The average Bonchev–Trinajstić information content (AvgIpc) is 3.30. The van der Waals surface area contributed by atoms with E-state index in [0.717, 1.165) is 28.2 Å². The first kappa shape index (κ1) is 17.7. The number of rotatable bonds is 7. The van der Waals surface area contributed by atoms with E-state index in [1.165, 1.54) is 11.3 Å². The Morgan fingerprint density at radius 1 is 1.32 bits per heavy atom. The van der Waals surface area contributed by atoms with Gasteiger partial charge in [-0.05, 0) is 13.8 Å². The van der Waals surface area contributed by atoms with Crippen LogP contribution in [-0.2, 0) is 11.2 Å². The zero-order valence-electron chi connectivity index (χ0n) is 13.4. The van der Waals surface area contributed by atoms with Crippen molar-refractivity contribution < 1.29 is 9.21 Å². The molecule has 3 rings (SSSR count). The molecule has 3 heterocycles. The topological polar surface area (TPSA) is 106 Å². The Bertz CT molecular complexity index is 924. The van der Waals surface area contributed by atoms with E-state index in [0.29, 0.717) is 22.5 Å². The van der Waals surface area contributed by atoms with Crippen molar-refractivity contribution >= 4 is 40.2 Å². The molecule has 128 valence electrons. The molecule has 0 aliphatic heterocycles. The number of nitriles is 1. The van der Waals surface area contributed by atoms with Crippen LogP contribution in [-0.4, -0.2) is 31.7 Å². The van der Waals surface area contributed by atoms with Gasteiger partial charge in [0, 0.05) is 16.5 Å². The van der Waals surface area contributed by atoms with Crippen LogP contribution in [0.5, 0.6) is 0 Å². The van der Waals surface area contributed by atoms with Gasteiger partial charge in [-0.25, -0.2) is 9.97 Å². The molecule has 0 unspecified atom stereocenters. The number of hydrogen-bond donors (Lipinski definition) is 0. The summed E-state index contributed by atoms with van der Waals surface area (Å²) in [4.78, 5) is 20.8. The molecule has 0 spiro atoms. The first-order valence-corrected chi connectivity index (χ1v) is 10.00. The SMILES string of the molecule is Cc1csc([C@H](C#N)C(=O)CSc2nnc(Cc3csc(C)n3)o2)n1. The van der Waals surface area contributed by atoms with E-state index in [-0.39, 0.29) is 11.5 Å². The van der Waals surface area contributed by atoms with Crippen molar-refractivity contribution in [3.05, 3.63) is 38.1 Å². The highest BCUT2D eigenvalue weighted by atomic mass is 32.2. The number of carbonyl (C=O) groups is 1. The lowest BCUT2D eigenvalue weighted by Crippen LogP contribution is -2.13. The van der Waals surface area contributed by atoms with Crippen LogP contribution in [0, 0.1) is 25.2 Å². The number of ketones is 1. The number of nitrogens with zero attached hydrogens (tertiary/aromatic N) is 5. The second kappa shape index (κ2) is 7.86. The summed E-state index contributed by atoms with van der Waals surface area (Å²) in [6, 6.07) is 2.02.